The number of benzene rings is 1. The molecule has 3 rings (SSSR count). The Morgan fingerprint density at radius 1 is 1.00 bits per heavy atom. The van der Waals surface area contributed by atoms with Gasteiger partial charge in [-0.1, -0.05) is 0 Å². The van der Waals surface area contributed by atoms with Crippen LogP contribution in [0, 0.1) is 0 Å². The summed E-state index contributed by atoms with van der Waals surface area (Å²) < 4.78 is 37.8. The Bertz CT molecular complexity index is 824. The molecule has 128 valence electrons. The molecule has 1 aromatic carbocycles. The van der Waals surface area contributed by atoms with Crippen molar-refractivity contribution in [3.8, 4) is 11.5 Å². The van der Waals surface area contributed by atoms with E-state index in [4.69, 9.17) is 9.47 Å². The Morgan fingerprint density at radius 2 is 1.67 bits per heavy atom. The molecule has 1 aromatic heterocycles. The molecule has 0 atom stereocenters. The van der Waals surface area contributed by atoms with E-state index in [1.807, 2.05) is 12.1 Å². The number of rotatable bonds is 5. The number of anilines is 3. The van der Waals surface area contributed by atoms with Crippen LogP contribution in [0.5, 0.6) is 11.5 Å². The van der Waals surface area contributed by atoms with Crippen molar-refractivity contribution in [3.63, 3.8) is 0 Å². The van der Waals surface area contributed by atoms with Crippen molar-refractivity contribution < 1.29 is 17.9 Å². The molecule has 0 saturated carbocycles. The number of hydrogen-bond acceptors (Lipinski definition) is 7. The molecule has 0 unspecified atom stereocenters. The van der Waals surface area contributed by atoms with Gasteiger partial charge in [0.25, 0.3) is 0 Å². The lowest BCUT2D eigenvalue weighted by molar-refractivity contribution is 0.171. The summed E-state index contributed by atoms with van der Waals surface area (Å²) in [4.78, 5) is 0. The molecule has 2 heterocycles. The van der Waals surface area contributed by atoms with E-state index in [0.717, 1.165) is 9.99 Å². The van der Waals surface area contributed by atoms with Gasteiger partial charge < -0.3 is 14.8 Å². The lowest BCUT2D eigenvalue weighted by Gasteiger charge is -2.19. The fourth-order valence-corrected chi connectivity index (χ4v) is 2.50. The molecule has 0 amide bonds. The first kappa shape index (κ1) is 16.3. The second kappa shape index (κ2) is 6.49. The number of fused-ring (bicyclic) bond motifs is 1. The third kappa shape index (κ3) is 3.66. The maximum Gasteiger partial charge on any atom is 0.302 e. The Hall–Kier alpha value is -2.59. The highest BCUT2D eigenvalue weighted by Gasteiger charge is 2.14. The van der Waals surface area contributed by atoms with E-state index in [-0.39, 0.29) is 5.82 Å². The zero-order valence-electron chi connectivity index (χ0n) is 13.2. The summed E-state index contributed by atoms with van der Waals surface area (Å²) in [6.07, 6.45) is 0. The van der Waals surface area contributed by atoms with Crippen LogP contribution in [0.25, 0.3) is 0 Å². The third-order valence-corrected chi connectivity index (χ3v) is 4.62. The minimum absolute atomic E-state index is 0.136. The van der Waals surface area contributed by atoms with Crippen molar-refractivity contribution >= 4 is 27.5 Å². The lowest BCUT2D eigenvalue weighted by Crippen LogP contribution is -2.29. The highest BCUT2D eigenvalue weighted by atomic mass is 32.2. The van der Waals surface area contributed by atoms with Gasteiger partial charge in [0.15, 0.2) is 23.1 Å². The molecule has 0 aliphatic carbocycles. The van der Waals surface area contributed by atoms with Gasteiger partial charge in [-0.3, -0.25) is 4.72 Å². The molecule has 0 saturated heterocycles. The van der Waals surface area contributed by atoms with Crippen LogP contribution in [0.15, 0.2) is 30.3 Å². The minimum Gasteiger partial charge on any atom is -0.486 e. The summed E-state index contributed by atoms with van der Waals surface area (Å²) in [5, 5.41) is 10.9. The summed E-state index contributed by atoms with van der Waals surface area (Å²) in [5.74, 6) is 1.97. The van der Waals surface area contributed by atoms with Crippen LogP contribution < -0.4 is 19.5 Å². The molecule has 2 N–H and O–H groups in total. The zero-order chi connectivity index (χ0) is 17.2. The summed E-state index contributed by atoms with van der Waals surface area (Å²) in [6, 6.07) is 8.59. The van der Waals surface area contributed by atoms with Gasteiger partial charge in [-0.15, -0.1) is 10.2 Å². The molecular formula is C14H17N5O4S. The number of nitrogens with zero attached hydrogens (tertiary/aromatic N) is 3. The second-order valence-corrected chi connectivity index (χ2v) is 7.06. The third-order valence-electron chi connectivity index (χ3n) is 3.19. The van der Waals surface area contributed by atoms with Crippen molar-refractivity contribution in [2.45, 2.75) is 0 Å². The number of ether oxygens (including phenoxy) is 2. The van der Waals surface area contributed by atoms with E-state index in [1.54, 1.807) is 12.1 Å². The van der Waals surface area contributed by atoms with Gasteiger partial charge in [-0.2, -0.15) is 12.7 Å². The Labute approximate surface area is 139 Å². The van der Waals surface area contributed by atoms with E-state index in [2.05, 4.69) is 20.2 Å². The van der Waals surface area contributed by atoms with Crippen LogP contribution >= 0.6 is 0 Å². The first-order valence-electron chi connectivity index (χ1n) is 7.15. The van der Waals surface area contributed by atoms with Gasteiger partial charge in [0.1, 0.15) is 13.2 Å². The highest BCUT2D eigenvalue weighted by Crippen LogP contribution is 2.33. The summed E-state index contributed by atoms with van der Waals surface area (Å²) in [7, 11) is -0.755. The van der Waals surface area contributed by atoms with Gasteiger partial charge >= 0.3 is 10.2 Å². The van der Waals surface area contributed by atoms with Crippen LogP contribution in [0.4, 0.5) is 17.3 Å². The molecule has 1 aliphatic heterocycles. The Morgan fingerprint density at radius 3 is 2.33 bits per heavy atom. The van der Waals surface area contributed by atoms with E-state index in [9.17, 15) is 8.42 Å². The predicted molar refractivity (Wildman–Crippen MR) is 89.0 cm³/mol. The average Bonchev–Trinajstić information content (AvgIpc) is 2.56. The molecule has 1 aliphatic rings. The minimum atomic E-state index is -3.60. The van der Waals surface area contributed by atoms with E-state index in [0.29, 0.717) is 30.5 Å². The topological polar surface area (TPSA) is 106 Å². The monoisotopic (exact) mass is 351 g/mol. The first-order chi connectivity index (χ1) is 11.4. The standard InChI is InChI=1S/C14H17N5O4S/c1-19(2)24(20,21)18-14-6-5-13(16-17-14)15-10-3-4-11-12(9-10)23-8-7-22-11/h3-6,9H,7-8H2,1-2H3,(H,15,16)(H,17,18). The van der Waals surface area contributed by atoms with Crippen LogP contribution in [0.2, 0.25) is 0 Å². The SMILES string of the molecule is CN(C)S(=O)(=O)Nc1ccc(Nc2ccc3c(c2)OCCO3)nn1. The van der Waals surface area contributed by atoms with E-state index < -0.39 is 10.2 Å². The summed E-state index contributed by atoms with van der Waals surface area (Å²) in [5.41, 5.74) is 0.759. The van der Waals surface area contributed by atoms with E-state index >= 15 is 0 Å². The molecule has 2 aromatic rings. The van der Waals surface area contributed by atoms with Crippen molar-refractivity contribution in [2.75, 3.05) is 37.3 Å². The highest BCUT2D eigenvalue weighted by molar-refractivity contribution is 7.90. The zero-order valence-corrected chi connectivity index (χ0v) is 14.0. The molecule has 0 spiro atoms. The van der Waals surface area contributed by atoms with Gasteiger partial charge in [-0.05, 0) is 24.3 Å². The predicted octanol–water partition coefficient (Wildman–Crippen LogP) is 1.21. The molecular weight excluding hydrogens is 334 g/mol. The maximum absolute atomic E-state index is 11.7. The number of hydrogen-bond donors (Lipinski definition) is 2. The van der Waals surface area contributed by atoms with Gasteiger partial charge in [-0.25, -0.2) is 0 Å². The van der Waals surface area contributed by atoms with Crippen molar-refractivity contribution in [2.24, 2.45) is 0 Å². The fourth-order valence-electron chi connectivity index (χ4n) is 1.95. The van der Waals surface area contributed by atoms with Crippen LogP contribution in [0.3, 0.4) is 0 Å². The van der Waals surface area contributed by atoms with Crippen LogP contribution in [0.1, 0.15) is 0 Å². The molecule has 9 nitrogen and oxygen atoms in total. The van der Waals surface area contributed by atoms with Crippen molar-refractivity contribution in [1.29, 1.82) is 0 Å². The smallest absolute Gasteiger partial charge is 0.302 e. The van der Waals surface area contributed by atoms with Crippen LogP contribution in [-0.4, -0.2) is 50.2 Å². The normalized spacial score (nSPS) is 13.6. The van der Waals surface area contributed by atoms with E-state index in [1.165, 1.54) is 20.2 Å². The molecule has 0 fully saturated rings. The first-order valence-corrected chi connectivity index (χ1v) is 8.59. The van der Waals surface area contributed by atoms with Crippen LogP contribution in [-0.2, 0) is 10.2 Å². The molecule has 0 radical (unpaired) electrons. The Kier molecular flexibility index (Phi) is 4.40. The number of aromatic nitrogens is 2. The summed E-state index contributed by atoms with van der Waals surface area (Å²) in [6.45, 7) is 1.05. The number of nitrogens with one attached hydrogen (secondary N) is 2. The van der Waals surface area contributed by atoms with Crippen molar-refractivity contribution in [3.05, 3.63) is 30.3 Å². The van der Waals surface area contributed by atoms with Gasteiger partial charge in [0, 0.05) is 25.8 Å². The van der Waals surface area contributed by atoms with Gasteiger partial charge in [0.2, 0.25) is 0 Å². The second-order valence-electron chi connectivity index (χ2n) is 5.18. The average molecular weight is 351 g/mol. The molecule has 24 heavy (non-hydrogen) atoms. The summed E-state index contributed by atoms with van der Waals surface area (Å²) >= 11 is 0. The lowest BCUT2D eigenvalue weighted by atomic mass is 10.2. The Balaban J connectivity index is 1.70. The fraction of sp³-hybridized carbons (Fsp3) is 0.286. The van der Waals surface area contributed by atoms with Crippen molar-refractivity contribution in [1.82, 2.24) is 14.5 Å². The van der Waals surface area contributed by atoms with Gasteiger partial charge in [0.05, 0.1) is 0 Å². The maximum atomic E-state index is 11.7. The quantitative estimate of drug-likeness (QED) is 0.834. The largest absolute Gasteiger partial charge is 0.486 e. The molecule has 10 heteroatoms. The molecule has 0 bridgehead atoms.